The van der Waals surface area contributed by atoms with Gasteiger partial charge in [-0.15, -0.1) is 0 Å². The van der Waals surface area contributed by atoms with Gasteiger partial charge in [0.25, 0.3) is 0 Å². The van der Waals surface area contributed by atoms with Crippen LogP contribution in [0.4, 0.5) is 0 Å². The van der Waals surface area contributed by atoms with E-state index < -0.39 is 0 Å². The van der Waals surface area contributed by atoms with Gasteiger partial charge in [0.1, 0.15) is 0 Å². The number of nitrogens with one attached hydrogen (secondary N) is 1. The van der Waals surface area contributed by atoms with Gasteiger partial charge in [0, 0.05) is 18.5 Å². The molecule has 1 saturated heterocycles. The van der Waals surface area contributed by atoms with E-state index in [1.165, 1.54) is 25.7 Å². The van der Waals surface area contributed by atoms with Crippen LogP contribution in [-0.4, -0.2) is 45.4 Å². The predicted octanol–water partition coefficient (Wildman–Crippen LogP) is 2.19. The van der Waals surface area contributed by atoms with E-state index in [0.29, 0.717) is 6.10 Å². The number of ether oxygens (including phenoxy) is 2. The van der Waals surface area contributed by atoms with E-state index in [2.05, 4.69) is 21.2 Å². The van der Waals surface area contributed by atoms with Crippen LogP contribution in [0, 0.1) is 0 Å². The highest BCUT2D eigenvalue weighted by Crippen LogP contribution is 2.10. The molecule has 1 aliphatic rings. The van der Waals surface area contributed by atoms with Gasteiger partial charge in [0.15, 0.2) is 0 Å². The highest BCUT2D eigenvalue weighted by atomic mass is 79.9. The second-order valence-electron chi connectivity index (χ2n) is 3.61. The number of hydrogen-bond acceptors (Lipinski definition) is 3. The van der Waals surface area contributed by atoms with Crippen molar-refractivity contribution in [2.24, 2.45) is 0 Å². The Balaban J connectivity index is 0.000000583. The molecule has 1 atom stereocenters. The van der Waals surface area contributed by atoms with Crippen molar-refractivity contribution in [1.29, 1.82) is 0 Å². The SMILES string of the molecule is BrCCCCCOCC1CCO1.CNC. The molecular formula is C11H24BrNO2. The normalized spacial score (nSPS) is 19.0. The van der Waals surface area contributed by atoms with Crippen molar-refractivity contribution < 1.29 is 9.47 Å². The van der Waals surface area contributed by atoms with Crippen LogP contribution in [0.2, 0.25) is 0 Å². The lowest BCUT2D eigenvalue weighted by atomic mass is 10.2. The molecule has 0 bridgehead atoms. The lowest BCUT2D eigenvalue weighted by molar-refractivity contribution is -0.0939. The average Bonchev–Trinajstić information content (AvgIpc) is 2.15. The second kappa shape index (κ2) is 12.4. The van der Waals surface area contributed by atoms with Crippen LogP contribution in [0.3, 0.4) is 0 Å². The molecule has 0 aromatic rings. The molecule has 1 rings (SSSR count). The molecule has 1 unspecified atom stereocenters. The van der Waals surface area contributed by atoms with E-state index in [0.717, 1.165) is 25.2 Å². The van der Waals surface area contributed by atoms with Crippen molar-refractivity contribution in [1.82, 2.24) is 5.32 Å². The van der Waals surface area contributed by atoms with Crippen LogP contribution >= 0.6 is 15.9 Å². The summed E-state index contributed by atoms with van der Waals surface area (Å²) in [6.45, 7) is 2.62. The Morgan fingerprint density at radius 3 is 2.47 bits per heavy atom. The first kappa shape index (κ1) is 15.4. The third-order valence-electron chi connectivity index (χ3n) is 2.02. The van der Waals surface area contributed by atoms with Gasteiger partial charge in [0.2, 0.25) is 0 Å². The van der Waals surface area contributed by atoms with E-state index in [1.54, 1.807) is 0 Å². The number of rotatable bonds is 7. The van der Waals surface area contributed by atoms with Crippen LogP contribution in [0.25, 0.3) is 0 Å². The Labute approximate surface area is 102 Å². The maximum Gasteiger partial charge on any atom is 0.0830 e. The van der Waals surface area contributed by atoms with Gasteiger partial charge in [0.05, 0.1) is 12.7 Å². The Hall–Kier alpha value is 0.360. The molecular weight excluding hydrogens is 258 g/mol. The highest BCUT2D eigenvalue weighted by molar-refractivity contribution is 9.09. The van der Waals surface area contributed by atoms with Crippen LogP contribution in [-0.2, 0) is 9.47 Å². The van der Waals surface area contributed by atoms with E-state index in [4.69, 9.17) is 9.47 Å². The smallest absolute Gasteiger partial charge is 0.0830 e. The molecule has 0 aromatic carbocycles. The summed E-state index contributed by atoms with van der Waals surface area (Å²) in [5, 5.41) is 3.86. The summed E-state index contributed by atoms with van der Waals surface area (Å²) in [5.41, 5.74) is 0. The standard InChI is InChI=1S/C9H17BrO2.C2H7N/c10-5-2-1-3-6-11-8-9-4-7-12-9;1-3-2/h9H,1-8H2;3H,1-2H3. The number of halogens is 1. The Morgan fingerprint density at radius 2 is 2.00 bits per heavy atom. The topological polar surface area (TPSA) is 30.5 Å². The molecule has 0 saturated carbocycles. The molecule has 0 radical (unpaired) electrons. The Bertz CT molecular complexity index is 121. The minimum atomic E-state index is 0.404. The molecule has 0 spiro atoms. The zero-order chi connectivity index (χ0) is 11.4. The molecule has 1 N–H and O–H groups in total. The molecule has 1 aliphatic heterocycles. The van der Waals surface area contributed by atoms with Gasteiger partial charge in [-0.3, -0.25) is 0 Å². The summed E-state index contributed by atoms with van der Waals surface area (Å²) >= 11 is 3.40. The molecule has 0 amide bonds. The third kappa shape index (κ3) is 10.6. The van der Waals surface area contributed by atoms with Crippen LogP contribution in [0.1, 0.15) is 25.7 Å². The van der Waals surface area contributed by atoms with Crippen LogP contribution in [0.5, 0.6) is 0 Å². The Morgan fingerprint density at radius 1 is 1.33 bits per heavy atom. The minimum Gasteiger partial charge on any atom is -0.379 e. The minimum absolute atomic E-state index is 0.404. The van der Waals surface area contributed by atoms with Crippen molar-refractivity contribution in [3.8, 4) is 0 Å². The second-order valence-corrected chi connectivity index (χ2v) is 4.40. The third-order valence-corrected chi connectivity index (χ3v) is 2.58. The molecule has 92 valence electrons. The van der Waals surface area contributed by atoms with Crippen molar-refractivity contribution in [2.75, 3.05) is 39.2 Å². The van der Waals surface area contributed by atoms with Crippen molar-refractivity contribution >= 4 is 15.9 Å². The van der Waals surface area contributed by atoms with E-state index in [9.17, 15) is 0 Å². The van der Waals surface area contributed by atoms with Crippen LogP contribution < -0.4 is 5.32 Å². The molecule has 1 heterocycles. The van der Waals surface area contributed by atoms with Gasteiger partial charge in [-0.25, -0.2) is 0 Å². The molecule has 0 aliphatic carbocycles. The number of unbranched alkanes of at least 4 members (excludes halogenated alkanes) is 2. The maximum absolute atomic E-state index is 5.44. The lowest BCUT2D eigenvalue weighted by Crippen LogP contribution is -2.31. The zero-order valence-electron chi connectivity index (χ0n) is 9.93. The summed E-state index contributed by atoms with van der Waals surface area (Å²) < 4.78 is 10.7. The predicted molar refractivity (Wildman–Crippen MR) is 67.8 cm³/mol. The molecule has 0 aromatic heterocycles. The van der Waals surface area contributed by atoms with Crippen molar-refractivity contribution in [2.45, 2.75) is 31.8 Å². The fourth-order valence-electron chi connectivity index (χ4n) is 1.11. The first-order valence-electron chi connectivity index (χ1n) is 5.69. The van der Waals surface area contributed by atoms with Gasteiger partial charge < -0.3 is 14.8 Å². The maximum atomic E-state index is 5.44. The van der Waals surface area contributed by atoms with Crippen molar-refractivity contribution in [3.05, 3.63) is 0 Å². The summed E-state index contributed by atoms with van der Waals surface area (Å²) in [5.74, 6) is 0. The fourth-order valence-corrected chi connectivity index (χ4v) is 1.50. The van der Waals surface area contributed by atoms with Gasteiger partial charge >= 0.3 is 0 Å². The van der Waals surface area contributed by atoms with E-state index in [-0.39, 0.29) is 0 Å². The van der Waals surface area contributed by atoms with Crippen molar-refractivity contribution in [3.63, 3.8) is 0 Å². The lowest BCUT2D eigenvalue weighted by Gasteiger charge is -2.25. The summed E-state index contributed by atoms with van der Waals surface area (Å²) in [4.78, 5) is 0. The fraction of sp³-hybridized carbons (Fsp3) is 1.00. The first-order valence-corrected chi connectivity index (χ1v) is 6.81. The molecule has 1 fully saturated rings. The summed E-state index contributed by atoms with van der Waals surface area (Å²) in [7, 11) is 3.75. The quantitative estimate of drug-likeness (QED) is 0.573. The average molecular weight is 282 g/mol. The number of alkyl halides is 1. The zero-order valence-corrected chi connectivity index (χ0v) is 11.5. The van der Waals surface area contributed by atoms with E-state index >= 15 is 0 Å². The van der Waals surface area contributed by atoms with Gasteiger partial charge in [-0.05, 0) is 33.4 Å². The monoisotopic (exact) mass is 281 g/mol. The molecule has 15 heavy (non-hydrogen) atoms. The van der Waals surface area contributed by atoms with E-state index in [1.807, 2.05) is 14.1 Å². The number of hydrogen-bond donors (Lipinski definition) is 1. The highest BCUT2D eigenvalue weighted by Gasteiger charge is 2.17. The van der Waals surface area contributed by atoms with Crippen LogP contribution in [0.15, 0.2) is 0 Å². The first-order chi connectivity index (χ1) is 7.35. The molecule has 4 heteroatoms. The molecule has 3 nitrogen and oxygen atoms in total. The van der Waals surface area contributed by atoms with Gasteiger partial charge in [-0.1, -0.05) is 22.4 Å². The van der Waals surface area contributed by atoms with Gasteiger partial charge in [-0.2, -0.15) is 0 Å². The Kier molecular flexibility index (Phi) is 12.7. The summed E-state index contributed by atoms with van der Waals surface area (Å²) in [6, 6.07) is 0. The largest absolute Gasteiger partial charge is 0.379 e. The summed E-state index contributed by atoms with van der Waals surface area (Å²) in [6.07, 6.45) is 5.28.